The number of thiazole rings is 1. The van der Waals surface area contributed by atoms with Gasteiger partial charge in [0, 0.05) is 0 Å². The molecule has 0 spiro atoms. The van der Waals surface area contributed by atoms with Crippen LogP contribution < -0.4 is 4.74 Å². The van der Waals surface area contributed by atoms with Crippen molar-refractivity contribution in [1.29, 1.82) is 5.26 Å². The van der Waals surface area contributed by atoms with Gasteiger partial charge in [0.05, 0.1) is 22.9 Å². The fraction of sp³-hybridized carbons (Fsp3) is 0.0588. The number of hydrogen-bond donors (Lipinski definition) is 1. The van der Waals surface area contributed by atoms with E-state index in [1.807, 2.05) is 24.3 Å². The number of hydrogen-bond acceptors (Lipinski definition) is 5. The van der Waals surface area contributed by atoms with E-state index in [1.165, 1.54) is 24.5 Å². The monoisotopic (exact) mass is 308 g/mol. The molecule has 3 rings (SSSR count). The normalized spacial score (nSPS) is 11.4. The van der Waals surface area contributed by atoms with Gasteiger partial charge in [-0.05, 0) is 35.9 Å². The maximum atomic E-state index is 9.62. The lowest BCUT2D eigenvalue weighted by atomic mass is 10.1. The van der Waals surface area contributed by atoms with Gasteiger partial charge in [0.25, 0.3) is 0 Å². The van der Waals surface area contributed by atoms with E-state index >= 15 is 0 Å². The Morgan fingerprint density at radius 2 is 2.14 bits per heavy atom. The van der Waals surface area contributed by atoms with Crippen molar-refractivity contribution >= 4 is 33.2 Å². The standard InChI is InChI=1S/C17H12N2O2S/c1-21-15-9-11(6-7-14(15)20)8-12(10-18)17-19-13-4-2-3-5-16(13)22-17/h2-9,20H,1H3/b12-8+. The molecular weight excluding hydrogens is 296 g/mol. The molecule has 22 heavy (non-hydrogen) atoms. The third kappa shape index (κ3) is 2.65. The summed E-state index contributed by atoms with van der Waals surface area (Å²) in [5.41, 5.74) is 2.13. The van der Waals surface area contributed by atoms with E-state index in [4.69, 9.17) is 4.74 Å². The highest BCUT2D eigenvalue weighted by atomic mass is 32.1. The third-order valence-corrected chi connectivity index (χ3v) is 4.23. The SMILES string of the molecule is COc1cc(/C=C(\C#N)c2nc3ccccc3s2)ccc1O. The van der Waals surface area contributed by atoms with Crippen molar-refractivity contribution in [2.75, 3.05) is 7.11 Å². The zero-order valence-electron chi connectivity index (χ0n) is 11.8. The van der Waals surface area contributed by atoms with Gasteiger partial charge in [0.15, 0.2) is 11.5 Å². The minimum Gasteiger partial charge on any atom is -0.504 e. The molecule has 0 radical (unpaired) electrons. The molecule has 0 unspecified atom stereocenters. The molecule has 1 aromatic heterocycles. The number of rotatable bonds is 3. The van der Waals surface area contributed by atoms with E-state index in [2.05, 4.69) is 11.1 Å². The lowest BCUT2D eigenvalue weighted by Gasteiger charge is -2.04. The number of methoxy groups -OCH3 is 1. The van der Waals surface area contributed by atoms with Gasteiger partial charge >= 0.3 is 0 Å². The van der Waals surface area contributed by atoms with Gasteiger partial charge in [-0.15, -0.1) is 11.3 Å². The maximum Gasteiger partial charge on any atom is 0.161 e. The molecule has 1 N–H and O–H groups in total. The molecule has 4 nitrogen and oxygen atoms in total. The van der Waals surface area contributed by atoms with E-state index in [-0.39, 0.29) is 5.75 Å². The molecule has 0 bridgehead atoms. The zero-order valence-corrected chi connectivity index (χ0v) is 12.6. The molecule has 0 aliphatic rings. The van der Waals surface area contributed by atoms with Crippen molar-refractivity contribution in [3.63, 3.8) is 0 Å². The summed E-state index contributed by atoms with van der Waals surface area (Å²) in [6, 6.07) is 14.9. The molecule has 0 saturated heterocycles. The summed E-state index contributed by atoms with van der Waals surface area (Å²) in [6.07, 6.45) is 1.74. The predicted octanol–water partition coefficient (Wildman–Crippen LogP) is 4.07. The van der Waals surface area contributed by atoms with Gasteiger partial charge in [-0.3, -0.25) is 0 Å². The summed E-state index contributed by atoms with van der Waals surface area (Å²) in [5, 5.41) is 19.7. The van der Waals surface area contributed by atoms with E-state index in [0.717, 1.165) is 15.8 Å². The van der Waals surface area contributed by atoms with Crippen LogP contribution in [0.2, 0.25) is 0 Å². The Kier molecular flexibility index (Phi) is 3.77. The van der Waals surface area contributed by atoms with Gasteiger partial charge in [0.1, 0.15) is 11.1 Å². The molecule has 3 aromatic rings. The second-order valence-electron chi connectivity index (χ2n) is 4.59. The molecule has 0 saturated carbocycles. The fourth-order valence-electron chi connectivity index (χ4n) is 2.08. The minimum absolute atomic E-state index is 0.0677. The average Bonchev–Trinajstić information content (AvgIpc) is 2.97. The summed E-state index contributed by atoms with van der Waals surface area (Å²) in [4.78, 5) is 4.49. The van der Waals surface area contributed by atoms with Gasteiger partial charge in [-0.1, -0.05) is 18.2 Å². The van der Waals surface area contributed by atoms with Crippen LogP contribution >= 0.6 is 11.3 Å². The second kappa shape index (κ2) is 5.88. The van der Waals surface area contributed by atoms with Crippen LogP contribution in [0.3, 0.4) is 0 Å². The van der Waals surface area contributed by atoms with Crippen molar-refractivity contribution in [3.05, 3.63) is 53.0 Å². The predicted molar refractivity (Wildman–Crippen MR) is 87.8 cm³/mol. The summed E-state index contributed by atoms with van der Waals surface area (Å²) >= 11 is 1.48. The molecular formula is C17H12N2O2S. The lowest BCUT2D eigenvalue weighted by Crippen LogP contribution is -1.85. The molecule has 0 aliphatic carbocycles. The van der Waals surface area contributed by atoms with Crippen LogP contribution in [-0.2, 0) is 0 Å². The van der Waals surface area contributed by atoms with E-state index < -0.39 is 0 Å². The first kappa shape index (κ1) is 14.1. The summed E-state index contributed by atoms with van der Waals surface area (Å²) < 4.78 is 6.12. The number of nitriles is 1. The first-order valence-electron chi connectivity index (χ1n) is 6.56. The van der Waals surface area contributed by atoms with Crippen LogP contribution in [0.1, 0.15) is 10.6 Å². The number of para-hydroxylation sites is 1. The Morgan fingerprint density at radius 1 is 1.32 bits per heavy atom. The smallest absolute Gasteiger partial charge is 0.161 e. The van der Waals surface area contributed by atoms with Gasteiger partial charge in [-0.2, -0.15) is 5.26 Å². The van der Waals surface area contributed by atoms with Gasteiger partial charge in [-0.25, -0.2) is 4.98 Å². The molecule has 5 heteroatoms. The van der Waals surface area contributed by atoms with Crippen LogP contribution in [0.4, 0.5) is 0 Å². The number of aromatic hydroxyl groups is 1. The summed E-state index contributed by atoms with van der Waals surface area (Å²) in [6.45, 7) is 0. The van der Waals surface area contributed by atoms with Crippen LogP contribution in [0.15, 0.2) is 42.5 Å². The van der Waals surface area contributed by atoms with E-state index in [0.29, 0.717) is 16.3 Å². The highest BCUT2D eigenvalue weighted by Crippen LogP contribution is 2.30. The van der Waals surface area contributed by atoms with Crippen molar-refractivity contribution in [2.45, 2.75) is 0 Å². The Labute approximate surface area is 131 Å². The Balaban J connectivity index is 2.05. The Bertz CT molecular complexity index is 873. The third-order valence-electron chi connectivity index (χ3n) is 3.16. The minimum atomic E-state index is 0.0677. The van der Waals surface area contributed by atoms with Crippen molar-refractivity contribution in [2.24, 2.45) is 0 Å². The molecule has 2 aromatic carbocycles. The van der Waals surface area contributed by atoms with Crippen LogP contribution in [0.5, 0.6) is 11.5 Å². The van der Waals surface area contributed by atoms with Gasteiger partial charge < -0.3 is 9.84 Å². The lowest BCUT2D eigenvalue weighted by molar-refractivity contribution is 0.373. The number of nitrogens with zero attached hydrogens (tertiary/aromatic N) is 2. The molecule has 108 valence electrons. The molecule has 0 fully saturated rings. The van der Waals surface area contributed by atoms with Crippen molar-refractivity contribution in [3.8, 4) is 17.6 Å². The zero-order chi connectivity index (χ0) is 15.5. The first-order valence-corrected chi connectivity index (χ1v) is 7.37. The number of aromatic nitrogens is 1. The number of ether oxygens (including phenoxy) is 1. The summed E-state index contributed by atoms with van der Waals surface area (Å²) in [7, 11) is 1.49. The van der Waals surface area contributed by atoms with Crippen LogP contribution in [0.25, 0.3) is 21.9 Å². The van der Waals surface area contributed by atoms with Crippen molar-refractivity contribution in [1.82, 2.24) is 4.98 Å². The molecule has 0 aliphatic heterocycles. The maximum absolute atomic E-state index is 9.62. The topological polar surface area (TPSA) is 66.1 Å². The van der Waals surface area contributed by atoms with E-state index in [9.17, 15) is 10.4 Å². The van der Waals surface area contributed by atoms with E-state index in [1.54, 1.807) is 18.2 Å². The fourth-order valence-corrected chi connectivity index (χ4v) is 3.01. The largest absolute Gasteiger partial charge is 0.504 e. The molecule has 1 heterocycles. The number of fused-ring (bicyclic) bond motifs is 1. The number of phenolic OH excluding ortho intramolecular Hbond substituents is 1. The Morgan fingerprint density at radius 3 is 2.86 bits per heavy atom. The number of allylic oxidation sites excluding steroid dienone is 1. The highest BCUT2D eigenvalue weighted by molar-refractivity contribution is 7.19. The molecule has 0 atom stereocenters. The Hall–Kier alpha value is -2.84. The van der Waals surface area contributed by atoms with Gasteiger partial charge in [0.2, 0.25) is 0 Å². The number of benzene rings is 2. The summed E-state index contributed by atoms with van der Waals surface area (Å²) in [5.74, 6) is 0.438. The van der Waals surface area contributed by atoms with Crippen LogP contribution in [-0.4, -0.2) is 17.2 Å². The quantitative estimate of drug-likeness (QED) is 0.741. The van der Waals surface area contributed by atoms with Crippen LogP contribution in [0, 0.1) is 11.3 Å². The number of phenols is 1. The highest BCUT2D eigenvalue weighted by Gasteiger charge is 2.09. The second-order valence-corrected chi connectivity index (χ2v) is 5.62. The molecule has 0 amide bonds. The average molecular weight is 308 g/mol. The first-order chi connectivity index (χ1) is 10.7. The van der Waals surface area contributed by atoms with Crippen molar-refractivity contribution < 1.29 is 9.84 Å².